The number of rotatable bonds is 1. The van der Waals surface area contributed by atoms with Gasteiger partial charge in [0.2, 0.25) is 0 Å². The molecule has 0 aromatic rings. The monoisotopic (exact) mass is 230 g/mol. The maximum absolute atomic E-state index is 11.4. The number of carbonyl (C=O) groups is 1. The second kappa shape index (κ2) is 5.86. The van der Waals surface area contributed by atoms with E-state index in [1.807, 2.05) is 0 Å². The lowest BCUT2D eigenvalue weighted by Gasteiger charge is -2.22. The molecule has 0 saturated heterocycles. The summed E-state index contributed by atoms with van der Waals surface area (Å²) in [4.78, 5) is 11.4. The molecular formula is C11H18O5. The third-order valence-electron chi connectivity index (χ3n) is 1.65. The van der Waals surface area contributed by atoms with Gasteiger partial charge in [0, 0.05) is 0 Å². The van der Waals surface area contributed by atoms with E-state index in [9.17, 15) is 4.79 Å². The zero-order valence-corrected chi connectivity index (χ0v) is 9.89. The molecule has 92 valence electrons. The van der Waals surface area contributed by atoms with E-state index in [1.165, 1.54) is 0 Å². The average molecular weight is 230 g/mol. The van der Waals surface area contributed by atoms with Crippen molar-refractivity contribution in [2.45, 2.75) is 32.5 Å². The lowest BCUT2D eigenvalue weighted by molar-refractivity contribution is -0.0837. The summed E-state index contributed by atoms with van der Waals surface area (Å²) in [6.07, 6.45) is 2.41. The third-order valence-corrected chi connectivity index (χ3v) is 1.65. The summed E-state index contributed by atoms with van der Waals surface area (Å²) < 4.78 is 20.2. The highest BCUT2D eigenvalue weighted by atomic mass is 16.7. The summed E-state index contributed by atoms with van der Waals surface area (Å²) in [7, 11) is 0. The quantitative estimate of drug-likeness (QED) is 0.508. The maximum atomic E-state index is 11.4. The van der Waals surface area contributed by atoms with Crippen LogP contribution in [0.3, 0.4) is 0 Å². The molecule has 0 aromatic carbocycles. The van der Waals surface area contributed by atoms with Crippen molar-refractivity contribution < 1.29 is 23.7 Å². The Kier molecular flexibility index (Phi) is 4.76. The van der Waals surface area contributed by atoms with Crippen LogP contribution in [0.2, 0.25) is 0 Å². The van der Waals surface area contributed by atoms with E-state index in [0.29, 0.717) is 6.61 Å². The Morgan fingerprint density at radius 2 is 2.12 bits per heavy atom. The summed E-state index contributed by atoms with van der Waals surface area (Å²) >= 11 is 0. The van der Waals surface area contributed by atoms with Crippen LogP contribution in [0.5, 0.6) is 0 Å². The van der Waals surface area contributed by atoms with Gasteiger partial charge >= 0.3 is 6.16 Å². The number of ether oxygens (including phenoxy) is 4. The first-order chi connectivity index (χ1) is 7.47. The predicted octanol–water partition coefficient (Wildman–Crippen LogP) is 1.87. The zero-order chi connectivity index (χ0) is 12.0. The van der Waals surface area contributed by atoms with Crippen LogP contribution in [0.4, 0.5) is 4.79 Å². The van der Waals surface area contributed by atoms with Crippen molar-refractivity contribution in [3.8, 4) is 0 Å². The van der Waals surface area contributed by atoms with Crippen LogP contribution in [0.15, 0.2) is 12.2 Å². The van der Waals surface area contributed by atoms with Crippen molar-refractivity contribution in [2.24, 2.45) is 0 Å². The Labute approximate surface area is 95.3 Å². The molecule has 1 heterocycles. The molecule has 0 saturated carbocycles. The van der Waals surface area contributed by atoms with Crippen molar-refractivity contribution in [3.05, 3.63) is 12.2 Å². The van der Waals surface area contributed by atoms with Gasteiger partial charge < -0.3 is 18.9 Å². The van der Waals surface area contributed by atoms with Crippen molar-refractivity contribution >= 4 is 6.16 Å². The molecule has 1 rings (SSSR count). The summed E-state index contributed by atoms with van der Waals surface area (Å²) in [5.41, 5.74) is -0.549. The molecule has 0 amide bonds. The molecule has 0 fully saturated rings. The van der Waals surface area contributed by atoms with Gasteiger partial charge in [0.1, 0.15) is 18.5 Å². The van der Waals surface area contributed by atoms with E-state index in [0.717, 1.165) is 0 Å². The minimum Gasteiger partial charge on any atom is -0.429 e. The first-order valence-corrected chi connectivity index (χ1v) is 5.19. The van der Waals surface area contributed by atoms with Gasteiger partial charge in [-0.2, -0.15) is 0 Å². The summed E-state index contributed by atoms with van der Waals surface area (Å²) in [5.74, 6) is 0. The van der Waals surface area contributed by atoms with Crippen molar-refractivity contribution in [1.29, 1.82) is 0 Å². The van der Waals surface area contributed by atoms with E-state index >= 15 is 0 Å². The van der Waals surface area contributed by atoms with Crippen LogP contribution in [0.1, 0.15) is 20.8 Å². The van der Waals surface area contributed by atoms with E-state index in [2.05, 4.69) is 0 Å². The lowest BCUT2D eigenvalue weighted by Crippen LogP contribution is -2.29. The fourth-order valence-electron chi connectivity index (χ4n) is 1.07. The molecule has 0 spiro atoms. The van der Waals surface area contributed by atoms with Crippen LogP contribution in [-0.2, 0) is 18.9 Å². The van der Waals surface area contributed by atoms with Gasteiger partial charge in [0.05, 0.1) is 13.2 Å². The van der Waals surface area contributed by atoms with E-state index < -0.39 is 17.9 Å². The van der Waals surface area contributed by atoms with Crippen LogP contribution < -0.4 is 0 Å². The molecule has 5 heteroatoms. The molecule has 0 aromatic heterocycles. The molecule has 1 unspecified atom stereocenters. The fourth-order valence-corrected chi connectivity index (χ4v) is 1.07. The van der Waals surface area contributed by atoms with E-state index in [4.69, 9.17) is 18.9 Å². The molecule has 1 atom stereocenters. The first-order valence-electron chi connectivity index (χ1n) is 5.19. The van der Waals surface area contributed by atoms with Crippen LogP contribution in [0, 0.1) is 0 Å². The molecule has 0 bridgehead atoms. The van der Waals surface area contributed by atoms with Crippen LogP contribution >= 0.6 is 0 Å². The van der Waals surface area contributed by atoms with Crippen LogP contribution in [-0.4, -0.2) is 37.9 Å². The first kappa shape index (κ1) is 13.0. The Bertz CT molecular complexity index is 254. The van der Waals surface area contributed by atoms with Crippen molar-refractivity contribution in [3.63, 3.8) is 0 Å². The van der Waals surface area contributed by atoms with E-state index in [1.54, 1.807) is 32.9 Å². The standard InChI is InChI=1S/C11H18O5/c1-11(2,3)16-10(12)15-9-5-4-6-13-8-14-7-9/h4-5,9H,6-8H2,1-3H3/b5-4+. The molecule has 0 N–H and O–H groups in total. The summed E-state index contributed by atoms with van der Waals surface area (Å²) in [6.45, 7) is 6.29. The van der Waals surface area contributed by atoms with Gasteiger partial charge in [-0.1, -0.05) is 6.08 Å². The molecule has 0 radical (unpaired) electrons. The number of hydrogen-bond donors (Lipinski definition) is 0. The van der Waals surface area contributed by atoms with Gasteiger partial charge in [0.15, 0.2) is 0 Å². The van der Waals surface area contributed by atoms with E-state index in [-0.39, 0.29) is 13.4 Å². The highest BCUT2D eigenvalue weighted by Gasteiger charge is 2.20. The smallest absolute Gasteiger partial charge is 0.429 e. The number of hydrogen-bond acceptors (Lipinski definition) is 5. The summed E-state index contributed by atoms with van der Waals surface area (Å²) in [6, 6.07) is 0. The average Bonchev–Trinajstić information content (AvgIpc) is 2.06. The van der Waals surface area contributed by atoms with Crippen molar-refractivity contribution in [1.82, 2.24) is 0 Å². The number of carbonyl (C=O) groups excluding carboxylic acids is 1. The largest absolute Gasteiger partial charge is 0.509 e. The second-order valence-electron chi connectivity index (χ2n) is 4.41. The molecule has 5 nitrogen and oxygen atoms in total. The Hall–Kier alpha value is -1.07. The van der Waals surface area contributed by atoms with Crippen molar-refractivity contribution in [2.75, 3.05) is 20.0 Å². The lowest BCUT2D eigenvalue weighted by atomic mass is 10.2. The summed E-state index contributed by atoms with van der Waals surface area (Å²) in [5, 5.41) is 0. The Balaban J connectivity index is 2.39. The van der Waals surface area contributed by atoms with Gasteiger partial charge in [-0.05, 0) is 26.8 Å². The minimum atomic E-state index is -0.688. The molecule has 16 heavy (non-hydrogen) atoms. The highest BCUT2D eigenvalue weighted by molar-refractivity contribution is 5.61. The van der Waals surface area contributed by atoms with Gasteiger partial charge in [0.25, 0.3) is 0 Å². The normalized spacial score (nSPS) is 24.1. The maximum Gasteiger partial charge on any atom is 0.509 e. The van der Waals surface area contributed by atoms with Crippen LogP contribution in [0.25, 0.3) is 0 Å². The van der Waals surface area contributed by atoms with Gasteiger partial charge in [-0.3, -0.25) is 0 Å². The topological polar surface area (TPSA) is 54.0 Å². The van der Waals surface area contributed by atoms with Gasteiger partial charge in [-0.15, -0.1) is 0 Å². The highest BCUT2D eigenvalue weighted by Crippen LogP contribution is 2.10. The van der Waals surface area contributed by atoms with Gasteiger partial charge in [-0.25, -0.2) is 4.79 Å². The Morgan fingerprint density at radius 3 is 2.81 bits per heavy atom. The molecular weight excluding hydrogens is 212 g/mol. The molecule has 0 aliphatic carbocycles. The minimum absolute atomic E-state index is 0.207. The second-order valence-corrected chi connectivity index (χ2v) is 4.41. The predicted molar refractivity (Wildman–Crippen MR) is 57.0 cm³/mol. The molecule has 1 aliphatic heterocycles. The Morgan fingerprint density at radius 1 is 1.38 bits per heavy atom. The SMILES string of the molecule is CC(C)(C)OC(=O)OC1/C=C/COCOC1. The molecule has 1 aliphatic rings. The zero-order valence-electron chi connectivity index (χ0n) is 9.89. The fraction of sp³-hybridized carbons (Fsp3) is 0.727. The third kappa shape index (κ3) is 5.72.